The molecule has 0 aliphatic rings. The van der Waals surface area contributed by atoms with Crippen molar-refractivity contribution < 1.29 is 13.2 Å². The Hall–Kier alpha value is -0.700. The average molecular weight is 267 g/mol. The summed E-state index contributed by atoms with van der Waals surface area (Å²) in [7, 11) is 0. The average Bonchev–Trinajstić information content (AvgIpc) is 2.14. The number of alkyl halides is 4. The van der Waals surface area contributed by atoms with E-state index in [1.165, 1.54) is 13.0 Å². The maximum absolute atomic E-state index is 12.8. The molecule has 0 saturated carbocycles. The molecule has 0 bridgehead atoms. The van der Waals surface area contributed by atoms with Crippen molar-refractivity contribution in [1.82, 2.24) is 0 Å². The van der Waals surface area contributed by atoms with Crippen molar-refractivity contribution >= 4 is 11.6 Å². The van der Waals surface area contributed by atoms with E-state index >= 15 is 0 Å². The zero-order valence-corrected chi connectivity index (χ0v) is 11.2. The van der Waals surface area contributed by atoms with Crippen LogP contribution in [-0.4, -0.2) is 12.1 Å². The molecule has 0 spiro atoms. The normalized spacial score (nSPS) is 14.6. The van der Waals surface area contributed by atoms with E-state index in [9.17, 15) is 13.2 Å². The second-order valence-electron chi connectivity index (χ2n) is 4.05. The molecule has 4 heteroatoms. The minimum absolute atomic E-state index is 0.00583. The van der Waals surface area contributed by atoms with Gasteiger partial charge in [-0.2, -0.15) is 13.2 Å². The Balaban J connectivity index is 5.54. The lowest BCUT2D eigenvalue weighted by molar-refractivity contribution is -0.0898. The molecule has 0 saturated heterocycles. The molecule has 0 radical (unpaired) electrons. The van der Waals surface area contributed by atoms with Crippen LogP contribution >= 0.6 is 11.6 Å². The van der Waals surface area contributed by atoms with Gasteiger partial charge in [-0.15, -0.1) is 11.6 Å². The van der Waals surface area contributed by atoms with Crippen molar-refractivity contribution in [3.8, 4) is 0 Å². The maximum atomic E-state index is 12.8. The van der Waals surface area contributed by atoms with Crippen molar-refractivity contribution in [2.24, 2.45) is 0 Å². The first kappa shape index (κ1) is 16.3. The molecule has 0 amide bonds. The second-order valence-corrected chi connectivity index (χ2v) is 4.32. The SMILES string of the molecule is C=C(C)/C(=C(\C=C(\C)CCC)CCl)C(F)(F)F. The smallest absolute Gasteiger partial charge is 0.166 e. The third-order valence-electron chi connectivity index (χ3n) is 2.24. The quantitative estimate of drug-likeness (QED) is 0.461. The molecule has 0 aliphatic heterocycles. The summed E-state index contributed by atoms with van der Waals surface area (Å²) in [4.78, 5) is 0. The summed E-state index contributed by atoms with van der Waals surface area (Å²) in [5.74, 6) is -0.164. The van der Waals surface area contributed by atoms with Crippen LogP contribution in [0.1, 0.15) is 33.6 Å². The summed E-state index contributed by atoms with van der Waals surface area (Å²) in [6.07, 6.45) is -1.22. The van der Waals surface area contributed by atoms with E-state index in [0.717, 1.165) is 18.4 Å². The molecule has 0 aromatic carbocycles. The van der Waals surface area contributed by atoms with Gasteiger partial charge in [0.05, 0.1) is 5.57 Å². The molecule has 98 valence electrons. The van der Waals surface area contributed by atoms with Crippen molar-refractivity contribution in [3.05, 3.63) is 34.9 Å². The summed E-state index contributed by atoms with van der Waals surface area (Å²) in [6, 6.07) is 0. The molecule has 0 aromatic rings. The Morgan fingerprint density at radius 2 is 1.82 bits per heavy atom. The Morgan fingerprint density at radius 3 is 2.12 bits per heavy atom. The van der Waals surface area contributed by atoms with E-state index in [1.807, 2.05) is 13.8 Å². The van der Waals surface area contributed by atoms with Gasteiger partial charge in [0.1, 0.15) is 0 Å². The monoisotopic (exact) mass is 266 g/mol. The largest absolute Gasteiger partial charge is 0.416 e. The molecule has 0 rings (SSSR count). The van der Waals surface area contributed by atoms with E-state index in [0.29, 0.717) is 0 Å². The number of halogens is 4. The molecule has 0 aromatic heterocycles. The van der Waals surface area contributed by atoms with Gasteiger partial charge in [0.25, 0.3) is 0 Å². The molecule has 0 fully saturated rings. The highest BCUT2D eigenvalue weighted by Gasteiger charge is 2.35. The van der Waals surface area contributed by atoms with E-state index in [-0.39, 0.29) is 17.0 Å². The number of hydrogen-bond acceptors (Lipinski definition) is 0. The zero-order valence-electron chi connectivity index (χ0n) is 10.4. The molecule has 0 N–H and O–H groups in total. The van der Waals surface area contributed by atoms with Crippen molar-refractivity contribution in [1.29, 1.82) is 0 Å². The summed E-state index contributed by atoms with van der Waals surface area (Å²) in [6.45, 7) is 8.51. The van der Waals surface area contributed by atoms with Gasteiger partial charge in [0.15, 0.2) is 0 Å². The minimum atomic E-state index is -4.40. The summed E-state index contributed by atoms with van der Waals surface area (Å²) in [5.41, 5.74) is 0.278. The molecular formula is C13H18ClF3. The summed E-state index contributed by atoms with van der Waals surface area (Å²) >= 11 is 5.61. The molecule has 0 heterocycles. The molecule has 0 nitrogen and oxygen atoms in total. The lowest BCUT2D eigenvalue weighted by Gasteiger charge is -2.15. The van der Waals surface area contributed by atoms with Gasteiger partial charge in [-0.3, -0.25) is 0 Å². The predicted molar refractivity (Wildman–Crippen MR) is 67.3 cm³/mol. The fraction of sp³-hybridized carbons (Fsp3) is 0.538. The van der Waals surface area contributed by atoms with Gasteiger partial charge in [-0.05, 0) is 31.4 Å². The van der Waals surface area contributed by atoms with Gasteiger partial charge in [0.2, 0.25) is 0 Å². The third-order valence-corrected chi connectivity index (χ3v) is 2.53. The standard InChI is InChI=1S/C13H18ClF3/c1-5-6-10(4)7-11(8-14)12(9(2)3)13(15,16)17/h7H,2,5-6,8H2,1,3-4H3/b10-7-,12-11-. The highest BCUT2D eigenvalue weighted by molar-refractivity contribution is 6.19. The van der Waals surface area contributed by atoms with Crippen LogP contribution in [0.15, 0.2) is 34.9 Å². The molecule has 0 aliphatic carbocycles. The Morgan fingerprint density at radius 1 is 1.29 bits per heavy atom. The molecule has 0 unspecified atom stereocenters. The molecule has 0 atom stereocenters. The van der Waals surface area contributed by atoms with Crippen LogP contribution < -0.4 is 0 Å². The number of allylic oxidation sites excluding steroid dienone is 5. The first-order valence-corrected chi connectivity index (χ1v) is 5.96. The number of hydrogen-bond donors (Lipinski definition) is 0. The maximum Gasteiger partial charge on any atom is 0.416 e. The van der Waals surface area contributed by atoms with Gasteiger partial charge < -0.3 is 0 Å². The predicted octanol–water partition coefficient (Wildman–Crippen LogP) is 5.41. The highest BCUT2D eigenvalue weighted by Crippen LogP contribution is 2.34. The van der Waals surface area contributed by atoms with Crippen molar-refractivity contribution in [2.75, 3.05) is 5.88 Å². The van der Waals surface area contributed by atoms with Crippen molar-refractivity contribution in [3.63, 3.8) is 0 Å². The third kappa shape index (κ3) is 5.44. The van der Waals surface area contributed by atoms with Crippen LogP contribution in [0.2, 0.25) is 0 Å². The van der Waals surface area contributed by atoms with E-state index in [2.05, 4.69) is 6.58 Å². The first-order valence-electron chi connectivity index (χ1n) is 5.43. The topological polar surface area (TPSA) is 0 Å². The van der Waals surface area contributed by atoms with Gasteiger partial charge in [-0.25, -0.2) is 0 Å². The Bertz CT molecular complexity index is 335. The Labute approximate surface area is 106 Å². The summed E-state index contributed by atoms with van der Waals surface area (Å²) in [5, 5.41) is 0. The van der Waals surface area contributed by atoms with E-state index in [4.69, 9.17) is 11.6 Å². The van der Waals surface area contributed by atoms with Crippen LogP contribution in [0.25, 0.3) is 0 Å². The van der Waals surface area contributed by atoms with Crippen LogP contribution in [0.4, 0.5) is 13.2 Å². The minimum Gasteiger partial charge on any atom is -0.166 e. The fourth-order valence-corrected chi connectivity index (χ4v) is 1.85. The lowest BCUT2D eigenvalue weighted by Crippen LogP contribution is -2.15. The first-order chi connectivity index (χ1) is 7.73. The fourth-order valence-electron chi connectivity index (χ4n) is 1.64. The van der Waals surface area contributed by atoms with Gasteiger partial charge in [0, 0.05) is 5.88 Å². The molecular weight excluding hydrogens is 249 g/mol. The van der Waals surface area contributed by atoms with Crippen LogP contribution in [-0.2, 0) is 0 Å². The molecule has 17 heavy (non-hydrogen) atoms. The van der Waals surface area contributed by atoms with Gasteiger partial charge >= 0.3 is 6.18 Å². The lowest BCUT2D eigenvalue weighted by atomic mass is 10.00. The van der Waals surface area contributed by atoms with E-state index in [1.54, 1.807) is 0 Å². The van der Waals surface area contributed by atoms with Crippen LogP contribution in [0, 0.1) is 0 Å². The van der Waals surface area contributed by atoms with Crippen molar-refractivity contribution in [2.45, 2.75) is 39.8 Å². The summed E-state index contributed by atoms with van der Waals surface area (Å²) < 4.78 is 38.5. The highest BCUT2D eigenvalue weighted by atomic mass is 35.5. The second kappa shape index (κ2) is 6.90. The van der Waals surface area contributed by atoms with Gasteiger partial charge in [-0.1, -0.05) is 31.6 Å². The van der Waals surface area contributed by atoms with E-state index < -0.39 is 11.7 Å². The number of rotatable bonds is 5. The Kier molecular flexibility index (Phi) is 6.61. The zero-order chi connectivity index (χ0) is 13.6. The van der Waals surface area contributed by atoms with Crippen LogP contribution in [0.5, 0.6) is 0 Å². The van der Waals surface area contributed by atoms with Crippen LogP contribution in [0.3, 0.4) is 0 Å².